The number of likely N-dealkylation sites (N-methyl/N-ethyl adjacent to an activating group) is 1. The van der Waals surface area contributed by atoms with Gasteiger partial charge in [-0.1, -0.05) is 45.0 Å². The van der Waals surface area contributed by atoms with Crippen molar-refractivity contribution in [1.29, 1.82) is 0 Å². The Bertz CT molecular complexity index is 259. The van der Waals surface area contributed by atoms with Gasteiger partial charge in [0.2, 0.25) is 0 Å². The van der Waals surface area contributed by atoms with E-state index in [0.29, 0.717) is 0 Å². The standard InChI is InChI=1S/C14H23N/c1-4-13-7-9-14(10-8-13)11-12-15(5-2)6-3/h7-10H,4-6,11-12H2,1-3H3. The molecule has 15 heavy (non-hydrogen) atoms. The highest BCUT2D eigenvalue weighted by molar-refractivity contribution is 5.22. The van der Waals surface area contributed by atoms with Crippen LogP contribution in [0.3, 0.4) is 0 Å². The van der Waals surface area contributed by atoms with Gasteiger partial charge in [-0.15, -0.1) is 0 Å². The zero-order valence-corrected chi connectivity index (χ0v) is 10.3. The molecule has 1 aromatic carbocycles. The van der Waals surface area contributed by atoms with Crippen LogP contribution >= 0.6 is 0 Å². The molecular weight excluding hydrogens is 182 g/mol. The van der Waals surface area contributed by atoms with E-state index in [4.69, 9.17) is 0 Å². The molecule has 0 N–H and O–H groups in total. The third-order valence-corrected chi connectivity index (χ3v) is 3.04. The average molecular weight is 205 g/mol. The highest BCUT2D eigenvalue weighted by atomic mass is 15.1. The molecule has 0 atom stereocenters. The third kappa shape index (κ3) is 4.05. The molecule has 0 radical (unpaired) electrons. The quantitative estimate of drug-likeness (QED) is 0.689. The van der Waals surface area contributed by atoms with E-state index in [1.807, 2.05) is 0 Å². The zero-order chi connectivity index (χ0) is 11.1. The molecule has 0 spiro atoms. The second kappa shape index (κ2) is 6.62. The Balaban J connectivity index is 2.43. The van der Waals surface area contributed by atoms with Gasteiger partial charge in [-0.25, -0.2) is 0 Å². The molecule has 1 aromatic rings. The van der Waals surface area contributed by atoms with Gasteiger partial charge in [-0.05, 0) is 37.1 Å². The Morgan fingerprint density at radius 2 is 1.40 bits per heavy atom. The molecule has 1 nitrogen and oxygen atoms in total. The lowest BCUT2D eigenvalue weighted by molar-refractivity contribution is 0.308. The van der Waals surface area contributed by atoms with Gasteiger partial charge in [0.25, 0.3) is 0 Å². The minimum absolute atomic E-state index is 1.14. The fourth-order valence-electron chi connectivity index (χ4n) is 1.77. The molecule has 84 valence electrons. The van der Waals surface area contributed by atoms with E-state index in [1.165, 1.54) is 24.1 Å². The first-order chi connectivity index (χ1) is 7.30. The van der Waals surface area contributed by atoms with Gasteiger partial charge in [0.15, 0.2) is 0 Å². The summed E-state index contributed by atoms with van der Waals surface area (Å²) in [6.45, 7) is 10.1. The second-order valence-electron chi connectivity index (χ2n) is 3.95. The van der Waals surface area contributed by atoms with Crippen LogP contribution in [0.4, 0.5) is 0 Å². The minimum atomic E-state index is 1.14. The molecular formula is C14H23N. The van der Waals surface area contributed by atoms with E-state index in [0.717, 1.165) is 19.5 Å². The Morgan fingerprint density at radius 1 is 0.867 bits per heavy atom. The van der Waals surface area contributed by atoms with Crippen LogP contribution in [0.25, 0.3) is 0 Å². The lowest BCUT2D eigenvalue weighted by atomic mass is 10.1. The van der Waals surface area contributed by atoms with Crippen LogP contribution in [0.2, 0.25) is 0 Å². The van der Waals surface area contributed by atoms with Crippen molar-refractivity contribution >= 4 is 0 Å². The van der Waals surface area contributed by atoms with Gasteiger partial charge in [-0.2, -0.15) is 0 Å². The topological polar surface area (TPSA) is 3.24 Å². The van der Waals surface area contributed by atoms with Gasteiger partial charge in [-0.3, -0.25) is 0 Å². The molecule has 0 fully saturated rings. The highest BCUT2D eigenvalue weighted by Gasteiger charge is 1.99. The molecule has 0 amide bonds. The number of nitrogens with zero attached hydrogens (tertiary/aromatic N) is 1. The summed E-state index contributed by atoms with van der Waals surface area (Å²) in [7, 11) is 0. The van der Waals surface area contributed by atoms with Crippen molar-refractivity contribution in [2.45, 2.75) is 33.6 Å². The number of aryl methyl sites for hydroxylation is 1. The van der Waals surface area contributed by atoms with Crippen molar-refractivity contribution in [3.8, 4) is 0 Å². The van der Waals surface area contributed by atoms with Gasteiger partial charge >= 0.3 is 0 Å². The third-order valence-electron chi connectivity index (χ3n) is 3.04. The summed E-state index contributed by atoms with van der Waals surface area (Å²) in [5.41, 5.74) is 2.89. The average Bonchev–Trinajstić information content (AvgIpc) is 2.31. The molecule has 0 bridgehead atoms. The van der Waals surface area contributed by atoms with Crippen LogP contribution in [-0.2, 0) is 12.8 Å². The van der Waals surface area contributed by atoms with Crippen molar-refractivity contribution in [2.24, 2.45) is 0 Å². The van der Waals surface area contributed by atoms with Crippen molar-refractivity contribution in [3.63, 3.8) is 0 Å². The number of benzene rings is 1. The molecule has 0 aliphatic rings. The maximum Gasteiger partial charge on any atom is 0.00216 e. The van der Waals surface area contributed by atoms with Crippen molar-refractivity contribution < 1.29 is 0 Å². The normalized spacial score (nSPS) is 10.9. The second-order valence-corrected chi connectivity index (χ2v) is 3.95. The van der Waals surface area contributed by atoms with E-state index < -0.39 is 0 Å². The molecule has 0 aromatic heterocycles. The van der Waals surface area contributed by atoms with Crippen LogP contribution in [0.5, 0.6) is 0 Å². The highest BCUT2D eigenvalue weighted by Crippen LogP contribution is 2.06. The fraction of sp³-hybridized carbons (Fsp3) is 0.571. The minimum Gasteiger partial charge on any atom is -0.304 e. The first-order valence-corrected chi connectivity index (χ1v) is 6.10. The SMILES string of the molecule is CCc1ccc(CCN(CC)CC)cc1. The van der Waals surface area contributed by atoms with Gasteiger partial charge in [0.05, 0.1) is 0 Å². The smallest absolute Gasteiger partial charge is 0.00216 e. The van der Waals surface area contributed by atoms with E-state index in [1.54, 1.807) is 0 Å². The molecule has 0 unspecified atom stereocenters. The van der Waals surface area contributed by atoms with E-state index >= 15 is 0 Å². The van der Waals surface area contributed by atoms with E-state index in [2.05, 4.69) is 49.9 Å². The summed E-state index contributed by atoms with van der Waals surface area (Å²) < 4.78 is 0. The van der Waals surface area contributed by atoms with E-state index in [-0.39, 0.29) is 0 Å². The summed E-state index contributed by atoms with van der Waals surface area (Å²) in [6.07, 6.45) is 2.31. The predicted octanol–water partition coefficient (Wildman–Crippen LogP) is 3.13. The molecule has 0 heterocycles. The molecule has 0 saturated carbocycles. The Morgan fingerprint density at radius 3 is 1.87 bits per heavy atom. The Labute approximate surface area is 94.1 Å². The lowest BCUT2D eigenvalue weighted by Crippen LogP contribution is -2.25. The molecule has 1 rings (SSSR count). The lowest BCUT2D eigenvalue weighted by Gasteiger charge is -2.17. The van der Waals surface area contributed by atoms with Crippen LogP contribution in [-0.4, -0.2) is 24.5 Å². The van der Waals surface area contributed by atoms with Crippen LogP contribution in [0, 0.1) is 0 Å². The first kappa shape index (κ1) is 12.3. The van der Waals surface area contributed by atoms with Crippen LogP contribution in [0.15, 0.2) is 24.3 Å². The number of hydrogen-bond donors (Lipinski definition) is 0. The van der Waals surface area contributed by atoms with Gasteiger partial charge in [0, 0.05) is 6.54 Å². The summed E-state index contributed by atoms with van der Waals surface area (Å²) >= 11 is 0. The molecule has 0 aliphatic carbocycles. The maximum absolute atomic E-state index is 2.47. The van der Waals surface area contributed by atoms with Crippen LogP contribution < -0.4 is 0 Å². The summed E-state index contributed by atoms with van der Waals surface area (Å²) in [5, 5.41) is 0. The number of rotatable bonds is 6. The molecule has 0 saturated heterocycles. The number of hydrogen-bond acceptors (Lipinski definition) is 1. The van der Waals surface area contributed by atoms with Crippen molar-refractivity contribution in [3.05, 3.63) is 35.4 Å². The Kier molecular flexibility index (Phi) is 5.41. The summed E-state index contributed by atoms with van der Waals surface area (Å²) in [5.74, 6) is 0. The maximum atomic E-state index is 2.47. The largest absolute Gasteiger partial charge is 0.304 e. The van der Waals surface area contributed by atoms with Crippen molar-refractivity contribution in [1.82, 2.24) is 4.90 Å². The monoisotopic (exact) mass is 205 g/mol. The predicted molar refractivity (Wildman–Crippen MR) is 67.3 cm³/mol. The van der Waals surface area contributed by atoms with Gasteiger partial charge in [0.1, 0.15) is 0 Å². The Hall–Kier alpha value is -0.820. The van der Waals surface area contributed by atoms with Crippen LogP contribution in [0.1, 0.15) is 31.9 Å². The van der Waals surface area contributed by atoms with E-state index in [9.17, 15) is 0 Å². The summed E-state index contributed by atoms with van der Waals surface area (Å²) in [6, 6.07) is 9.03. The molecule has 0 aliphatic heterocycles. The fourth-order valence-corrected chi connectivity index (χ4v) is 1.77. The first-order valence-electron chi connectivity index (χ1n) is 6.10. The summed E-state index contributed by atoms with van der Waals surface area (Å²) in [4.78, 5) is 2.47. The molecule has 1 heteroatoms. The van der Waals surface area contributed by atoms with Crippen molar-refractivity contribution in [2.75, 3.05) is 19.6 Å². The van der Waals surface area contributed by atoms with Gasteiger partial charge < -0.3 is 4.90 Å². The zero-order valence-electron chi connectivity index (χ0n) is 10.3.